The van der Waals surface area contributed by atoms with Crippen molar-refractivity contribution in [2.45, 2.75) is 63.5 Å². The number of anilines is 1. The number of rotatable bonds is 1. The van der Waals surface area contributed by atoms with Gasteiger partial charge in [0.25, 0.3) is 0 Å². The van der Waals surface area contributed by atoms with E-state index in [1.165, 1.54) is 30.2 Å². The number of halogens is 1. The minimum Gasteiger partial charge on any atom is -0.482 e. The predicted octanol–water partition coefficient (Wildman–Crippen LogP) is 5.50. The van der Waals surface area contributed by atoms with Crippen LogP contribution in [0.1, 0.15) is 73.9 Å². The quantitative estimate of drug-likeness (QED) is 0.386. The Morgan fingerprint density at radius 2 is 2.00 bits per heavy atom. The van der Waals surface area contributed by atoms with Crippen molar-refractivity contribution in [2.75, 3.05) is 5.73 Å². The number of pyridine rings is 1. The fraction of sp³-hybridized carbons (Fsp3) is 0.393. The van der Waals surface area contributed by atoms with Crippen LogP contribution in [-0.2, 0) is 19.0 Å². The van der Waals surface area contributed by atoms with Crippen molar-refractivity contribution in [1.82, 2.24) is 24.5 Å². The van der Waals surface area contributed by atoms with Crippen LogP contribution in [0.4, 0.5) is 10.2 Å². The summed E-state index contributed by atoms with van der Waals surface area (Å²) in [4.78, 5) is 4.51. The first-order valence-electron chi connectivity index (χ1n) is 12.8. The number of benzene rings is 1. The third kappa shape index (κ3) is 2.99. The van der Waals surface area contributed by atoms with E-state index in [0.29, 0.717) is 11.6 Å². The summed E-state index contributed by atoms with van der Waals surface area (Å²) in [6.45, 7) is 4.80. The average Bonchev–Trinajstić information content (AvgIpc) is 3.36. The zero-order valence-electron chi connectivity index (χ0n) is 20.8. The number of ether oxygens (including phenoxy) is 1. The van der Waals surface area contributed by atoms with Gasteiger partial charge in [-0.1, -0.05) is 0 Å². The molecule has 1 saturated carbocycles. The highest BCUT2D eigenvalue weighted by Crippen LogP contribution is 2.60. The number of nitrogens with two attached hydrogens (primary N) is 1. The molecule has 2 N–H and O–H groups in total. The maximum absolute atomic E-state index is 14.5. The molecule has 1 spiro atoms. The Balaban J connectivity index is 1.59. The van der Waals surface area contributed by atoms with Gasteiger partial charge in [-0.2, -0.15) is 10.2 Å². The lowest BCUT2D eigenvalue weighted by atomic mass is 9.73. The van der Waals surface area contributed by atoms with E-state index in [0.717, 1.165) is 53.0 Å². The van der Waals surface area contributed by atoms with Gasteiger partial charge in [-0.3, -0.25) is 9.36 Å². The molecule has 7 nitrogen and oxygen atoms in total. The van der Waals surface area contributed by atoms with Gasteiger partial charge < -0.3 is 10.5 Å². The molecule has 0 saturated heterocycles. The Labute approximate surface area is 209 Å². The van der Waals surface area contributed by atoms with Crippen LogP contribution in [0.2, 0.25) is 0 Å². The van der Waals surface area contributed by atoms with Crippen LogP contribution in [0.25, 0.3) is 22.5 Å². The molecule has 1 aliphatic heterocycles. The second-order valence-corrected chi connectivity index (χ2v) is 10.5. The number of nitrogens with zero attached hydrogens (tertiary/aromatic N) is 5. The first-order chi connectivity index (χ1) is 17.4. The van der Waals surface area contributed by atoms with Crippen LogP contribution in [0.15, 0.2) is 36.7 Å². The summed E-state index contributed by atoms with van der Waals surface area (Å²) in [5, 5.41) is 10.1. The maximum atomic E-state index is 14.5. The van der Waals surface area contributed by atoms with Gasteiger partial charge in [0.05, 0.1) is 17.1 Å². The molecule has 8 heteroatoms. The van der Waals surface area contributed by atoms with E-state index in [2.05, 4.69) is 22.8 Å². The molecule has 2 bridgehead atoms. The Bertz CT molecular complexity index is 1530. The first kappa shape index (κ1) is 21.6. The van der Waals surface area contributed by atoms with E-state index in [4.69, 9.17) is 20.7 Å². The Morgan fingerprint density at radius 1 is 1.17 bits per heavy atom. The molecule has 0 amide bonds. The van der Waals surface area contributed by atoms with Crippen molar-refractivity contribution in [3.05, 3.63) is 64.9 Å². The number of hydrogen-bond donors (Lipinski definition) is 1. The molecule has 0 unspecified atom stereocenters. The Morgan fingerprint density at radius 3 is 2.78 bits per heavy atom. The summed E-state index contributed by atoms with van der Waals surface area (Å²) < 4.78 is 24.9. The molecule has 2 atom stereocenters. The molecule has 7 rings (SSSR count). The van der Waals surface area contributed by atoms with E-state index in [1.54, 1.807) is 6.07 Å². The number of fused-ring (bicyclic) bond motifs is 8. The van der Waals surface area contributed by atoms with Crippen molar-refractivity contribution in [3.8, 4) is 28.3 Å². The van der Waals surface area contributed by atoms with Crippen molar-refractivity contribution < 1.29 is 9.13 Å². The monoisotopic (exact) mass is 484 g/mol. The highest BCUT2D eigenvalue weighted by atomic mass is 19.1. The van der Waals surface area contributed by atoms with Crippen molar-refractivity contribution in [1.29, 1.82) is 0 Å². The number of hydrogen-bond acceptors (Lipinski definition) is 5. The SMILES string of the molecule is CCn1nc2c3c1-c1cnc(N)c(c1)O[C@H](C)c1cc(F)ccc1-c1nn(C)cc1[C@H]3CCC21CC1. The predicted molar refractivity (Wildman–Crippen MR) is 135 cm³/mol. The molecule has 4 heterocycles. The molecule has 1 fully saturated rings. The molecular weight excluding hydrogens is 455 g/mol. The van der Waals surface area contributed by atoms with Gasteiger partial charge in [-0.15, -0.1) is 0 Å². The molecule has 3 aliphatic rings. The summed E-state index contributed by atoms with van der Waals surface area (Å²) in [5.74, 6) is 0.615. The van der Waals surface area contributed by atoms with Crippen molar-refractivity contribution in [2.24, 2.45) is 7.05 Å². The van der Waals surface area contributed by atoms with Crippen molar-refractivity contribution in [3.63, 3.8) is 0 Å². The van der Waals surface area contributed by atoms with Gasteiger partial charge in [0.2, 0.25) is 0 Å². The molecule has 3 aromatic heterocycles. The molecular formula is C28H29FN6O. The third-order valence-corrected chi connectivity index (χ3v) is 8.30. The largest absolute Gasteiger partial charge is 0.482 e. The number of aromatic nitrogens is 5. The lowest BCUT2D eigenvalue weighted by Crippen LogP contribution is -2.21. The van der Waals surface area contributed by atoms with Gasteiger partial charge in [-0.05, 0) is 63.8 Å². The lowest BCUT2D eigenvalue weighted by molar-refractivity contribution is 0.227. The van der Waals surface area contributed by atoms with Gasteiger partial charge >= 0.3 is 0 Å². The zero-order valence-corrected chi connectivity index (χ0v) is 20.8. The smallest absolute Gasteiger partial charge is 0.166 e. The Hall–Kier alpha value is -3.68. The average molecular weight is 485 g/mol. The zero-order chi connectivity index (χ0) is 24.8. The maximum Gasteiger partial charge on any atom is 0.166 e. The summed E-state index contributed by atoms with van der Waals surface area (Å²) in [6.07, 6.45) is 7.98. The van der Waals surface area contributed by atoms with Crippen LogP contribution in [0.5, 0.6) is 5.75 Å². The Kier molecular flexibility index (Phi) is 4.45. The molecule has 184 valence electrons. The molecule has 2 aliphatic carbocycles. The summed E-state index contributed by atoms with van der Waals surface area (Å²) in [5.41, 5.74) is 14.6. The summed E-state index contributed by atoms with van der Waals surface area (Å²) >= 11 is 0. The number of nitrogen functional groups attached to an aromatic ring is 1. The number of aryl methyl sites for hydroxylation is 2. The normalized spacial score (nSPS) is 21.0. The van der Waals surface area contributed by atoms with Crippen molar-refractivity contribution >= 4 is 5.82 Å². The highest BCUT2D eigenvalue weighted by Gasteiger charge is 2.53. The van der Waals surface area contributed by atoms with Gasteiger partial charge in [0.15, 0.2) is 11.6 Å². The second kappa shape index (κ2) is 7.41. The lowest BCUT2D eigenvalue weighted by Gasteiger charge is -2.30. The van der Waals surface area contributed by atoms with Gasteiger partial charge in [0, 0.05) is 65.1 Å². The van der Waals surface area contributed by atoms with E-state index >= 15 is 0 Å². The second-order valence-electron chi connectivity index (χ2n) is 10.5. The molecule has 0 radical (unpaired) electrons. The van der Waals surface area contributed by atoms with E-state index in [-0.39, 0.29) is 17.2 Å². The molecule has 36 heavy (non-hydrogen) atoms. The minimum atomic E-state index is -0.462. The van der Waals surface area contributed by atoms with Crippen LogP contribution >= 0.6 is 0 Å². The summed E-state index contributed by atoms with van der Waals surface area (Å²) in [6, 6.07) is 6.84. The van der Waals surface area contributed by atoms with Crippen LogP contribution in [-0.4, -0.2) is 24.5 Å². The summed E-state index contributed by atoms with van der Waals surface area (Å²) in [7, 11) is 1.95. The van der Waals surface area contributed by atoms with Gasteiger partial charge in [-0.25, -0.2) is 9.37 Å². The molecule has 4 aromatic rings. The van der Waals surface area contributed by atoms with Crippen LogP contribution in [0, 0.1) is 5.82 Å². The topological polar surface area (TPSA) is 83.8 Å². The van der Waals surface area contributed by atoms with Crippen LogP contribution < -0.4 is 10.5 Å². The minimum absolute atomic E-state index is 0.125. The van der Waals surface area contributed by atoms with Crippen LogP contribution in [0.3, 0.4) is 0 Å². The third-order valence-electron chi connectivity index (χ3n) is 8.30. The highest BCUT2D eigenvalue weighted by molar-refractivity contribution is 5.75. The fourth-order valence-corrected chi connectivity index (χ4v) is 6.35. The van der Waals surface area contributed by atoms with E-state index < -0.39 is 6.10 Å². The first-order valence-corrected chi connectivity index (χ1v) is 12.8. The standard InChI is InChI=1S/C28H29FN6O/c1-4-35-25-16-11-22(27(30)31-13-16)36-15(2)20-12-17(29)5-6-19(20)24-21(14-34(3)32-24)18-7-8-28(9-10-28)26(33-35)23(18)25/h5-6,11-15,18H,4,7-10H2,1-3H3,(H2,30,31)/t15-,18-/m1/s1. The van der Waals surface area contributed by atoms with Gasteiger partial charge in [0.1, 0.15) is 11.9 Å². The molecule has 1 aromatic carbocycles. The fourth-order valence-electron chi connectivity index (χ4n) is 6.35. The van der Waals surface area contributed by atoms with E-state index in [1.807, 2.05) is 37.0 Å². The van der Waals surface area contributed by atoms with E-state index in [9.17, 15) is 4.39 Å².